The van der Waals surface area contributed by atoms with Gasteiger partial charge in [-0.3, -0.25) is 4.98 Å². The number of pyridine rings is 1. The Kier molecular flexibility index (Phi) is 4.34. The summed E-state index contributed by atoms with van der Waals surface area (Å²) in [6.45, 7) is 5.97. The average molecular weight is 244 g/mol. The molecule has 2 rings (SSSR count). The zero-order valence-corrected chi connectivity index (χ0v) is 11.1. The van der Waals surface area contributed by atoms with Crippen LogP contribution in [0.3, 0.4) is 0 Å². The Balaban J connectivity index is 2.12. The van der Waals surface area contributed by atoms with E-state index < -0.39 is 0 Å². The van der Waals surface area contributed by atoms with Crippen LogP contribution in [-0.4, -0.2) is 21.1 Å². The lowest BCUT2D eigenvalue weighted by molar-refractivity contribution is 0.693. The first-order valence-corrected chi connectivity index (χ1v) is 6.52. The van der Waals surface area contributed by atoms with Crippen molar-refractivity contribution in [2.45, 2.75) is 33.2 Å². The number of hydrogen-bond donors (Lipinski definition) is 1. The summed E-state index contributed by atoms with van der Waals surface area (Å²) in [5, 5.41) is 3.30. The van der Waals surface area contributed by atoms with Crippen molar-refractivity contribution in [1.82, 2.24) is 14.5 Å². The Morgan fingerprint density at radius 1 is 1.22 bits per heavy atom. The predicted octanol–water partition coefficient (Wildman–Crippen LogP) is 2.71. The summed E-state index contributed by atoms with van der Waals surface area (Å²) in [6, 6.07) is 4.09. The molecule has 0 fully saturated rings. The fourth-order valence-electron chi connectivity index (χ4n) is 1.99. The summed E-state index contributed by atoms with van der Waals surface area (Å²) in [5.41, 5.74) is 2.18. The first-order valence-electron chi connectivity index (χ1n) is 6.52. The van der Waals surface area contributed by atoms with E-state index in [-0.39, 0.29) is 0 Å². The highest BCUT2D eigenvalue weighted by atomic mass is 15.1. The Morgan fingerprint density at radius 2 is 2.11 bits per heavy atom. The molecule has 0 radical (unpaired) electrons. The van der Waals surface area contributed by atoms with E-state index in [2.05, 4.69) is 39.8 Å². The van der Waals surface area contributed by atoms with Gasteiger partial charge in [-0.1, -0.05) is 6.92 Å². The Labute approximate surface area is 108 Å². The lowest BCUT2D eigenvalue weighted by atomic mass is 10.3. The Hall–Kier alpha value is -1.84. The molecule has 0 aliphatic carbocycles. The second-order valence-corrected chi connectivity index (χ2v) is 4.29. The summed E-state index contributed by atoms with van der Waals surface area (Å²) in [5.74, 6) is 1.13. The molecule has 0 saturated heterocycles. The van der Waals surface area contributed by atoms with Crippen LogP contribution in [0.15, 0.2) is 30.7 Å². The average Bonchev–Trinajstić information content (AvgIpc) is 2.78. The molecule has 4 heteroatoms. The number of aryl methyl sites for hydroxylation is 1. The standard InChI is InChI=1S/C14H20N4/c1-3-5-14-17-8-9-18(14)11-13-10-12(15-4-2)6-7-16-13/h6-10H,3-5,11H2,1-2H3,(H,15,16). The van der Waals surface area contributed by atoms with Crippen molar-refractivity contribution < 1.29 is 0 Å². The predicted molar refractivity (Wildman–Crippen MR) is 73.7 cm³/mol. The minimum absolute atomic E-state index is 0.786. The van der Waals surface area contributed by atoms with Crippen LogP contribution >= 0.6 is 0 Å². The Bertz CT molecular complexity index is 490. The van der Waals surface area contributed by atoms with E-state index in [9.17, 15) is 0 Å². The van der Waals surface area contributed by atoms with E-state index >= 15 is 0 Å². The van der Waals surface area contributed by atoms with E-state index in [1.54, 1.807) is 0 Å². The van der Waals surface area contributed by atoms with Crippen LogP contribution in [0.25, 0.3) is 0 Å². The van der Waals surface area contributed by atoms with Gasteiger partial charge in [-0.15, -0.1) is 0 Å². The maximum atomic E-state index is 4.41. The van der Waals surface area contributed by atoms with Gasteiger partial charge in [-0.05, 0) is 25.5 Å². The van der Waals surface area contributed by atoms with Crippen molar-refractivity contribution in [2.75, 3.05) is 11.9 Å². The fraction of sp³-hybridized carbons (Fsp3) is 0.429. The molecule has 2 heterocycles. The topological polar surface area (TPSA) is 42.7 Å². The molecule has 0 atom stereocenters. The number of rotatable bonds is 6. The summed E-state index contributed by atoms with van der Waals surface area (Å²) in [6.07, 6.45) is 7.86. The van der Waals surface area contributed by atoms with Gasteiger partial charge in [0.05, 0.1) is 12.2 Å². The van der Waals surface area contributed by atoms with Gasteiger partial charge < -0.3 is 9.88 Å². The third-order valence-corrected chi connectivity index (χ3v) is 2.81. The lowest BCUT2D eigenvalue weighted by Gasteiger charge is -2.08. The van der Waals surface area contributed by atoms with Gasteiger partial charge in [-0.2, -0.15) is 0 Å². The molecule has 96 valence electrons. The molecule has 0 unspecified atom stereocenters. The van der Waals surface area contributed by atoms with Gasteiger partial charge in [0.2, 0.25) is 0 Å². The summed E-state index contributed by atoms with van der Waals surface area (Å²) >= 11 is 0. The second kappa shape index (κ2) is 6.19. The van der Waals surface area contributed by atoms with Gasteiger partial charge in [0, 0.05) is 37.2 Å². The molecule has 0 bridgehead atoms. The number of hydrogen-bond acceptors (Lipinski definition) is 3. The molecule has 18 heavy (non-hydrogen) atoms. The minimum atomic E-state index is 0.786. The summed E-state index contributed by atoms with van der Waals surface area (Å²) in [4.78, 5) is 8.79. The van der Waals surface area contributed by atoms with Gasteiger partial charge in [0.15, 0.2) is 0 Å². The summed E-state index contributed by atoms with van der Waals surface area (Å²) < 4.78 is 2.17. The number of aromatic nitrogens is 3. The highest BCUT2D eigenvalue weighted by Gasteiger charge is 2.03. The smallest absolute Gasteiger partial charge is 0.108 e. The molecular weight excluding hydrogens is 224 g/mol. The van der Waals surface area contributed by atoms with Crippen molar-refractivity contribution >= 4 is 5.69 Å². The normalized spacial score (nSPS) is 10.6. The van der Waals surface area contributed by atoms with Crippen LogP contribution in [0.1, 0.15) is 31.8 Å². The molecule has 4 nitrogen and oxygen atoms in total. The number of anilines is 1. The molecule has 0 amide bonds. The zero-order chi connectivity index (χ0) is 12.8. The minimum Gasteiger partial charge on any atom is -0.385 e. The fourth-order valence-corrected chi connectivity index (χ4v) is 1.99. The van der Waals surface area contributed by atoms with Crippen LogP contribution in [0.2, 0.25) is 0 Å². The van der Waals surface area contributed by atoms with E-state index in [0.29, 0.717) is 0 Å². The van der Waals surface area contributed by atoms with Crippen molar-refractivity contribution in [3.05, 3.63) is 42.2 Å². The molecule has 2 aromatic heterocycles. The van der Waals surface area contributed by atoms with E-state index in [1.807, 2.05) is 24.7 Å². The van der Waals surface area contributed by atoms with Gasteiger partial charge in [0.1, 0.15) is 5.82 Å². The zero-order valence-electron chi connectivity index (χ0n) is 11.1. The van der Waals surface area contributed by atoms with Crippen LogP contribution in [-0.2, 0) is 13.0 Å². The van der Waals surface area contributed by atoms with Crippen molar-refractivity contribution in [2.24, 2.45) is 0 Å². The van der Waals surface area contributed by atoms with Gasteiger partial charge in [0.25, 0.3) is 0 Å². The van der Waals surface area contributed by atoms with Crippen LogP contribution in [0.5, 0.6) is 0 Å². The summed E-state index contributed by atoms with van der Waals surface area (Å²) in [7, 11) is 0. The van der Waals surface area contributed by atoms with Gasteiger partial charge in [-0.25, -0.2) is 4.98 Å². The molecule has 0 aliphatic heterocycles. The molecule has 1 N–H and O–H groups in total. The lowest BCUT2D eigenvalue weighted by Crippen LogP contribution is -2.06. The second-order valence-electron chi connectivity index (χ2n) is 4.29. The molecule has 0 aliphatic rings. The maximum Gasteiger partial charge on any atom is 0.108 e. The molecule has 0 spiro atoms. The number of imidazole rings is 1. The molecule has 2 aromatic rings. The number of nitrogens with zero attached hydrogens (tertiary/aromatic N) is 3. The van der Waals surface area contributed by atoms with E-state index in [1.165, 1.54) is 0 Å². The maximum absolute atomic E-state index is 4.41. The largest absolute Gasteiger partial charge is 0.385 e. The Morgan fingerprint density at radius 3 is 2.89 bits per heavy atom. The van der Waals surface area contributed by atoms with E-state index in [0.717, 1.165) is 43.1 Å². The highest BCUT2D eigenvalue weighted by molar-refractivity contribution is 5.43. The third-order valence-electron chi connectivity index (χ3n) is 2.81. The molecular formula is C14H20N4. The van der Waals surface area contributed by atoms with Crippen LogP contribution in [0.4, 0.5) is 5.69 Å². The highest BCUT2D eigenvalue weighted by Crippen LogP contribution is 2.10. The number of nitrogens with one attached hydrogen (secondary N) is 1. The quantitative estimate of drug-likeness (QED) is 0.849. The molecule has 0 aromatic carbocycles. The van der Waals surface area contributed by atoms with E-state index in [4.69, 9.17) is 0 Å². The first kappa shape index (κ1) is 12.6. The van der Waals surface area contributed by atoms with Crippen molar-refractivity contribution in [3.63, 3.8) is 0 Å². The van der Waals surface area contributed by atoms with Crippen molar-refractivity contribution in [1.29, 1.82) is 0 Å². The van der Waals surface area contributed by atoms with Crippen LogP contribution in [0, 0.1) is 0 Å². The van der Waals surface area contributed by atoms with Gasteiger partial charge >= 0.3 is 0 Å². The first-order chi connectivity index (χ1) is 8.83. The van der Waals surface area contributed by atoms with Crippen LogP contribution < -0.4 is 5.32 Å². The SMILES string of the molecule is CCCc1nccn1Cc1cc(NCC)ccn1. The third kappa shape index (κ3) is 3.09. The monoisotopic (exact) mass is 244 g/mol. The molecule has 0 saturated carbocycles. The van der Waals surface area contributed by atoms with Crippen molar-refractivity contribution in [3.8, 4) is 0 Å².